The summed E-state index contributed by atoms with van der Waals surface area (Å²) < 4.78 is 147. The van der Waals surface area contributed by atoms with Crippen molar-refractivity contribution in [2.45, 2.75) is 28.9 Å². The van der Waals surface area contributed by atoms with Gasteiger partial charge in [0.2, 0.25) is 0 Å². The van der Waals surface area contributed by atoms with Crippen LogP contribution in [0.4, 0.5) is 43.9 Å². The van der Waals surface area contributed by atoms with Crippen molar-refractivity contribution in [3.05, 3.63) is 63.4 Å². The van der Waals surface area contributed by atoms with E-state index in [1.807, 2.05) is 0 Å². The average molecular weight is 543 g/mol. The molecule has 1 aliphatic rings. The van der Waals surface area contributed by atoms with Gasteiger partial charge in [0, 0.05) is 4.48 Å². The van der Waals surface area contributed by atoms with Gasteiger partial charge in [0.15, 0.2) is 0 Å². The first-order valence-electron chi connectivity index (χ1n) is 7.69. The minimum Gasteiger partial charge on any atom is -0.605 e. The SMILES string of the molecule is N#Cc1ccccc1C1(C(F)(C(F)(F)F)C(F)(F)F)C=C(Br)[CH]C([S+]([O-])C(F)(F)F)=C1. The smallest absolute Gasteiger partial charge is 0.577 e. The molecule has 1 radical (unpaired) electrons. The summed E-state index contributed by atoms with van der Waals surface area (Å²) in [6.45, 7) is 0. The summed E-state index contributed by atoms with van der Waals surface area (Å²) in [6.07, 6.45) is -13.4. The summed E-state index contributed by atoms with van der Waals surface area (Å²) in [6, 6.07) is 4.52. The second-order valence-corrected chi connectivity index (χ2v) is 8.50. The van der Waals surface area contributed by atoms with Crippen molar-refractivity contribution in [2.75, 3.05) is 0 Å². The van der Waals surface area contributed by atoms with Crippen LogP contribution in [0.3, 0.4) is 0 Å². The van der Waals surface area contributed by atoms with Crippen LogP contribution in [0, 0.1) is 17.8 Å². The molecule has 1 aromatic rings. The van der Waals surface area contributed by atoms with Crippen LogP contribution in [0.1, 0.15) is 11.1 Å². The Balaban J connectivity index is 3.09. The monoisotopic (exact) mass is 542 g/mol. The highest BCUT2D eigenvalue weighted by Crippen LogP contribution is 2.61. The molecule has 0 saturated carbocycles. The highest BCUT2D eigenvalue weighted by Gasteiger charge is 2.81. The molecule has 1 aliphatic carbocycles. The van der Waals surface area contributed by atoms with Gasteiger partial charge in [-0.25, -0.2) is 4.39 Å². The maximum Gasteiger partial charge on any atom is 0.577 e. The van der Waals surface area contributed by atoms with E-state index in [9.17, 15) is 44.1 Å². The van der Waals surface area contributed by atoms with E-state index in [-0.39, 0.29) is 12.2 Å². The Bertz CT molecular complexity index is 945. The number of nitrogens with zero attached hydrogens (tertiary/aromatic N) is 1. The number of halogens is 11. The summed E-state index contributed by atoms with van der Waals surface area (Å²) in [7, 11) is 0. The molecule has 14 heteroatoms. The predicted octanol–water partition coefficient (Wildman–Crippen LogP) is 6.28. The molecule has 31 heavy (non-hydrogen) atoms. The first-order chi connectivity index (χ1) is 13.9. The molecule has 0 saturated heterocycles. The lowest BCUT2D eigenvalue weighted by Gasteiger charge is -2.45. The third-order valence-electron chi connectivity index (χ3n) is 4.28. The number of benzene rings is 1. The zero-order valence-electron chi connectivity index (χ0n) is 14.5. The van der Waals surface area contributed by atoms with Crippen LogP contribution in [0.5, 0.6) is 0 Å². The number of nitriles is 1. The summed E-state index contributed by atoms with van der Waals surface area (Å²) in [5.41, 5.74) is -17.9. The molecule has 1 aromatic carbocycles. The van der Waals surface area contributed by atoms with E-state index in [1.165, 1.54) is 6.07 Å². The fraction of sp³-hybridized carbons (Fsp3) is 0.294. The van der Waals surface area contributed by atoms with Crippen LogP contribution in [-0.4, -0.2) is 28.1 Å². The minimum absolute atomic E-state index is 0.0429. The number of rotatable bonds is 3. The van der Waals surface area contributed by atoms with Gasteiger partial charge in [-0.1, -0.05) is 40.2 Å². The number of hydrogen-bond donors (Lipinski definition) is 0. The lowest BCUT2D eigenvalue weighted by molar-refractivity contribution is -0.354. The Hall–Kier alpha value is -1.72. The van der Waals surface area contributed by atoms with Crippen LogP contribution in [0.15, 0.2) is 45.8 Å². The molecule has 0 aliphatic heterocycles. The zero-order chi connectivity index (χ0) is 24.0. The predicted molar refractivity (Wildman–Crippen MR) is 92.4 cm³/mol. The molecule has 0 amide bonds. The van der Waals surface area contributed by atoms with Crippen molar-refractivity contribution in [3.8, 4) is 6.07 Å². The van der Waals surface area contributed by atoms with E-state index in [1.54, 1.807) is 0 Å². The molecule has 2 nitrogen and oxygen atoms in total. The first kappa shape index (κ1) is 25.5. The van der Waals surface area contributed by atoms with Crippen LogP contribution < -0.4 is 0 Å². The summed E-state index contributed by atoms with van der Waals surface area (Å²) in [5.74, 6) is 0. The van der Waals surface area contributed by atoms with Crippen molar-refractivity contribution in [1.29, 1.82) is 5.26 Å². The topological polar surface area (TPSA) is 46.8 Å². The van der Waals surface area contributed by atoms with Gasteiger partial charge >= 0.3 is 23.5 Å². The van der Waals surface area contributed by atoms with E-state index in [4.69, 9.17) is 5.26 Å². The fourth-order valence-electron chi connectivity index (χ4n) is 3.05. The second kappa shape index (κ2) is 8.00. The highest BCUT2D eigenvalue weighted by molar-refractivity contribution is 9.11. The molecule has 0 heterocycles. The quantitative estimate of drug-likeness (QED) is 0.333. The van der Waals surface area contributed by atoms with Gasteiger partial charge in [-0.2, -0.15) is 31.6 Å². The molecule has 2 rings (SSSR count). The van der Waals surface area contributed by atoms with Gasteiger partial charge in [0.25, 0.3) is 0 Å². The largest absolute Gasteiger partial charge is 0.605 e. The van der Waals surface area contributed by atoms with E-state index < -0.39 is 60.6 Å². The molecular formula is C17H7BrF10NOS. The van der Waals surface area contributed by atoms with Crippen LogP contribution in [0.2, 0.25) is 0 Å². The lowest BCUT2D eigenvalue weighted by atomic mass is 9.64. The second-order valence-electron chi connectivity index (χ2n) is 6.12. The van der Waals surface area contributed by atoms with Crippen molar-refractivity contribution in [3.63, 3.8) is 0 Å². The van der Waals surface area contributed by atoms with Gasteiger partial charge in [-0.3, -0.25) is 0 Å². The Morgan fingerprint density at radius 2 is 1.42 bits per heavy atom. The van der Waals surface area contributed by atoms with Crippen molar-refractivity contribution >= 4 is 27.1 Å². The van der Waals surface area contributed by atoms with Gasteiger partial charge in [0.1, 0.15) is 4.91 Å². The Morgan fingerprint density at radius 3 is 1.87 bits per heavy atom. The van der Waals surface area contributed by atoms with Crippen LogP contribution in [-0.2, 0) is 16.6 Å². The van der Waals surface area contributed by atoms with Crippen LogP contribution in [0.25, 0.3) is 0 Å². The molecule has 2 unspecified atom stereocenters. The third kappa shape index (κ3) is 4.19. The molecule has 0 spiro atoms. The summed E-state index contributed by atoms with van der Waals surface area (Å²) in [4.78, 5) is -1.56. The third-order valence-corrected chi connectivity index (χ3v) is 5.83. The van der Waals surface area contributed by atoms with E-state index in [0.29, 0.717) is 12.5 Å². The van der Waals surface area contributed by atoms with Crippen molar-refractivity contribution in [2.24, 2.45) is 0 Å². The molecular weight excluding hydrogens is 536 g/mol. The zero-order valence-corrected chi connectivity index (χ0v) is 16.9. The summed E-state index contributed by atoms with van der Waals surface area (Å²) >= 11 is -1.62. The Morgan fingerprint density at radius 1 is 0.903 bits per heavy atom. The summed E-state index contributed by atoms with van der Waals surface area (Å²) in [5, 5.41) is 9.17. The molecule has 0 fully saturated rings. The Labute approximate surface area is 179 Å². The molecule has 0 bridgehead atoms. The molecule has 169 valence electrons. The molecule has 0 aromatic heterocycles. The van der Waals surface area contributed by atoms with Gasteiger partial charge < -0.3 is 4.55 Å². The van der Waals surface area contributed by atoms with Gasteiger partial charge in [-0.05, 0) is 17.7 Å². The minimum atomic E-state index is -6.71. The van der Waals surface area contributed by atoms with Crippen molar-refractivity contribution in [1.82, 2.24) is 0 Å². The van der Waals surface area contributed by atoms with E-state index >= 15 is 4.39 Å². The van der Waals surface area contributed by atoms with E-state index in [0.717, 1.165) is 18.2 Å². The number of hydrogen-bond acceptors (Lipinski definition) is 2. The normalized spacial score (nSPS) is 21.8. The van der Waals surface area contributed by atoms with Gasteiger partial charge in [-0.15, -0.1) is 13.2 Å². The molecule has 0 N–H and O–H groups in total. The maximum absolute atomic E-state index is 15.4. The number of alkyl halides is 10. The van der Waals surface area contributed by atoms with Gasteiger partial charge in [0.05, 0.1) is 34.6 Å². The first-order valence-corrected chi connectivity index (χ1v) is 9.63. The standard InChI is InChI=1S/C17H7BrF10NOS/c18-10-5-11(31(30)17(26,27)28)7-13(6-10,12-4-2-1-3-9(12)8-29)14(19,15(20,21)22)16(23,24)25/h1-7H. The Kier molecular flexibility index (Phi) is 6.59. The average Bonchev–Trinajstić information content (AvgIpc) is 2.63. The lowest BCUT2D eigenvalue weighted by Crippen LogP contribution is -2.65. The number of allylic oxidation sites excluding steroid dienone is 4. The maximum atomic E-state index is 15.4. The van der Waals surface area contributed by atoms with E-state index in [2.05, 4.69) is 15.9 Å². The highest BCUT2D eigenvalue weighted by atomic mass is 79.9. The molecule has 2 atom stereocenters. The fourth-order valence-corrected chi connectivity index (χ4v) is 4.61. The van der Waals surface area contributed by atoms with Crippen molar-refractivity contribution < 1.29 is 48.5 Å². The van der Waals surface area contributed by atoms with Crippen LogP contribution >= 0.6 is 15.9 Å².